The lowest BCUT2D eigenvalue weighted by atomic mass is 10.0. The fourth-order valence-electron chi connectivity index (χ4n) is 2.47. The second-order valence-corrected chi connectivity index (χ2v) is 4.96. The van der Waals surface area contributed by atoms with E-state index < -0.39 is 11.6 Å². The zero-order chi connectivity index (χ0) is 13.0. The molecule has 1 saturated heterocycles. The molecule has 0 aliphatic carbocycles. The smallest absolute Gasteiger partial charge is 0.130 e. The number of likely N-dealkylation sites (tertiary alicyclic amines) is 1. The molecule has 0 aromatic heterocycles. The third kappa shape index (κ3) is 3.27. The van der Waals surface area contributed by atoms with Crippen molar-refractivity contribution in [3.63, 3.8) is 0 Å². The lowest BCUT2D eigenvalue weighted by molar-refractivity contribution is 0.181. The first-order valence-electron chi connectivity index (χ1n) is 6.52. The van der Waals surface area contributed by atoms with Crippen LogP contribution in [0.3, 0.4) is 0 Å². The molecule has 1 unspecified atom stereocenters. The predicted molar refractivity (Wildman–Crippen MR) is 68.3 cm³/mol. The van der Waals surface area contributed by atoms with E-state index in [1.165, 1.54) is 31.0 Å². The number of rotatable bonds is 4. The summed E-state index contributed by atoms with van der Waals surface area (Å²) in [5.41, 5.74) is 0.135. The van der Waals surface area contributed by atoms with Gasteiger partial charge < -0.3 is 10.2 Å². The monoisotopic (exact) mass is 254 g/mol. The number of piperidine rings is 1. The van der Waals surface area contributed by atoms with Crippen LogP contribution in [0.15, 0.2) is 18.2 Å². The quantitative estimate of drug-likeness (QED) is 0.888. The van der Waals surface area contributed by atoms with Gasteiger partial charge in [-0.2, -0.15) is 0 Å². The average molecular weight is 254 g/mol. The number of hydrogen-bond donors (Lipinski definition) is 1. The normalized spacial score (nSPS) is 21.2. The van der Waals surface area contributed by atoms with Crippen molar-refractivity contribution in [2.45, 2.75) is 31.8 Å². The van der Waals surface area contributed by atoms with E-state index in [2.05, 4.69) is 17.3 Å². The molecule has 0 saturated carbocycles. The molecule has 0 amide bonds. The molecule has 1 atom stereocenters. The van der Waals surface area contributed by atoms with Crippen molar-refractivity contribution >= 4 is 0 Å². The Morgan fingerprint density at radius 3 is 2.67 bits per heavy atom. The molecule has 18 heavy (non-hydrogen) atoms. The second kappa shape index (κ2) is 6.25. The van der Waals surface area contributed by atoms with Crippen LogP contribution in [0.4, 0.5) is 8.78 Å². The molecule has 1 aromatic rings. The summed E-state index contributed by atoms with van der Waals surface area (Å²) in [5, 5.41) is 3.16. The van der Waals surface area contributed by atoms with Crippen LogP contribution >= 0.6 is 0 Å². The van der Waals surface area contributed by atoms with Crippen LogP contribution in [0.1, 0.15) is 24.8 Å². The van der Waals surface area contributed by atoms with Crippen LogP contribution in [0.5, 0.6) is 0 Å². The van der Waals surface area contributed by atoms with Gasteiger partial charge in [-0.1, -0.05) is 12.5 Å². The molecule has 1 heterocycles. The van der Waals surface area contributed by atoms with Crippen molar-refractivity contribution in [3.8, 4) is 0 Å². The molecule has 2 nitrogen and oxygen atoms in total. The first-order valence-corrected chi connectivity index (χ1v) is 6.52. The highest BCUT2D eigenvalue weighted by Crippen LogP contribution is 2.15. The summed E-state index contributed by atoms with van der Waals surface area (Å²) < 4.78 is 26.8. The summed E-state index contributed by atoms with van der Waals surface area (Å²) in [5.74, 6) is -0.945. The Morgan fingerprint density at radius 1 is 1.28 bits per heavy atom. The van der Waals surface area contributed by atoms with Gasteiger partial charge in [0.15, 0.2) is 0 Å². The fourth-order valence-corrected chi connectivity index (χ4v) is 2.47. The van der Waals surface area contributed by atoms with Crippen molar-refractivity contribution in [3.05, 3.63) is 35.4 Å². The van der Waals surface area contributed by atoms with Crippen LogP contribution in [-0.2, 0) is 6.54 Å². The molecule has 2 rings (SSSR count). The summed E-state index contributed by atoms with van der Waals surface area (Å²) >= 11 is 0. The molecule has 0 radical (unpaired) electrons. The molecular weight excluding hydrogens is 234 g/mol. The Bertz CT molecular complexity index is 375. The average Bonchev–Trinajstić information content (AvgIpc) is 2.35. The Balaban J connectivity index is 1.84. The van der Waals surface area contributed by atoms with Gasteiger partial charge in [-0.25, -0.2) is 8.78 Å². The maximum absolute atomic E-state index is 13.4. The summed E-state index contributed by atoms with van der Waals surface area (Å²) in [6.07, 6.45) is 3.64. The van der Waals surface area contributed by atoms with Gasteiger partial charge in [0, 0.05) is 24.7 Å². The first kappa shape index (κ1) is 13.4. The van der Waals surface area contributed by atoms with Gasteiger partial charge in [-0.3, -0.25) is 0 Å². The van der Waals surface area contributed by atoms with Crippen LogP contribution in [0.25, 0.3) is 0 Å². The van der Waals surface area contributed by atoms with E-state index in [0.717, 1.165) is 19.5 Å². The Hall–Kier alpha value is -1.00. The van der Waals surface area contributed by atoms with Gasteiger partial charge in [0.2, 0.25) is 0 Å². The van der Waals surface area contributed by atoms with Crippen LogP contribution in [0.2, 0.25) is 0 Å². The molecule has 1 fully saturated rings. The maximum Gasteiger partial charge on any atom is 0.130 e. The fraction of sp³-hybridized carbons (Fsp3) is 0.571. The lowest BCUT2D eigenvalue weighted by Gasteiger charge is -2.32. The van der Waals surface area contributed by atoms with E-state index in [4.69, 9.17) is 0 Å². The van der Waals surface area contributed by atoms with Crippen LogP contribution < -0.4 is 5.32 Å². The van der Waals surface area contributed by atoms with Crippen molar-refractivity contribution in [2.24, 2.45) is 0 Å². The van der Waals surface area contributed by atoms with Gasteiger partial charge in [0.1, 0.15) is 11.6 Å². The number of likely N-dealkylation sites (N-methyl/N-ethyl adjacent to an activating group) is 1. The van der Waals surface area contributed by atoms with Crippen molar-refractivity contribution in [1.82, 2.24) is 10.2 Å². The summed E-state index contributed by atoms with van der Waals surface area (Å²) in [4.78, 5) is 2.31. The van der Waals surface area contributed by atoms with Crippen LogP contribution in [0, 0.1) is 11.6 Å². The zero-order valence-corrected chi connectivity index (χ0v) is 10.8. The highest BCUT2D eigenvalue weighted by Gasteiger charge is 2.18. The summed E-state index contributed by atoms with van der Waals surface area (Å²) in [6, 6.07) is 4.47. The number of halogens is 2. The van der Waals surface area contributed by atoms with Gasteiger partial charge in [0.05, 0.1) is 0 Å². The Morgan fingerprint density at radius 2 is 2.00 bits per heavy atom. The topological polar surface area (TPSA) is 15.3 Å². The second-order valence-electron chi connectivity index (χ2n) is 4.96. The van der Waals surface area contributed by atoms with Crippen molar-refractivity contribution in [1.29, 1.82) is 0 Å². The Labute approximate surface area is 107 Å². The minimum atomic E-state index is -0.473. The summed E-state index contributed by atoms with van der Waals surface area (Å²) in [7, 11) is 2.11. The SMILES string of the molecule is CN1CCCCC1CNCc1c(F)cccc1F. The summed E-state index contributed by atoms with van der Waals surface area (Å²) in [6.45, 7) is 2.15. The first-order chi connectivity index (χ1) is 8.68. The van der Waals surface area contributed by atoms with Crippen molar-refractivity contribution in [2.75, 3.05) is 20.1 Å². The predicted octanol–water partition coefficient (Wildman–Crippen LogP) is 2.54. The Kier molecular flexibility index (Phi) is 4.66. The lowest BCUT2D eigenvalue weighted by Crippen LogP contribution is -2.43. The molecule has 1 aromatic carbocycles. The van der Waals surface area contributed by atoms with E-state index in [1.54, 1.807) is 0 Å². The van der Waals surface area contributed by atoms with Crippen molar-refractivity contribution < 1.29 is 8.78 Å². The molecule has 0 bridgehead atoms. The largest absolute Gasteiger partial charge is 0.311 e. The van der Waals surface area contributed by atoms with Gasteiger partial charge in [0.25, 0.3) is 0 Å². The highest BCUT2D eigenvalue weighted by atomic mass is 19.1. The maximum atomic E-state index is 13.4. The van der Waals surface area contributed by atoms with E-state index in [1.807, 2.05) is 0 Å². The number of nitrogens with one attached hydrogen (secondary N) is 1. The van der Waals surface area contributed by atoms with E-state index >= 15 is 0 Å². The van der Waals surface area contributed by atoms with Gasteiger partial charge in [-0.15, -0.1) is 0 Å². The number of benzene rings is 1. The molecule has 1 N–H and O–H groups in total. The molecule has 1 aliphatic rings. The molecular formula is C14H20F2N2. The van der Waals surface area contributed by atoms with Gasteiger partial charge >= 0.3 is 0 Å². The molecule has 100 valence electrons. The zero-order valence-electron chi connectivity index (χ0n) is 10.8. The molecule has 1 aliphatic heterocycles. The number of nitrogens with zero attached hydrogens (tertiary/aromatic N) is 1. The number of hydrogen-bond acceptors (Lipinski definition) is 2. The molecule has 0 spiro atoms. The standard InChI is InChI=1S/C14H20F2N2/c1-18-8-3-2-5-11(18)9-17-10-12-13(15)6-4-7-14(12)16/h4,6-7,11,17H,2-3,5,8-10H2,1H3. The minimum absolute atomic E-state index is 0.135. The van der Waals surface area contributed by atoms with Crippen LogP contribution in [-0.4, -0.2) is 31.1 Å². The minimum Gasteiger partial charge on any atom is -0.311 e. The highest BCUT2D eigenvalue weighted by molar-refractivity contribution is 5.19. The van der Waals surface area contributed by atoms with E-state index in [0.29, 0.717) is 6.04 Å². The van der Waals surface area contributed by atoms with E-state index in [-0.39, 0.29) is 12.1 Å². The third-order valence-electron chi connectivity index (χ3n) is 3.66. The van der Waals surface area contributed by atoms with Gasteiger partial charge in [-0.05, 0) is 38.6 Å². The third-order valence-corrected chi connectivity index (χ3v) is 3.66. The molecule has 4 heteroatoms. The van der Waals surface area contributed by atoms with E-state index in [9.17, 15) is 8.78 Å².